The van der Waals surface area contributed by atoms with Gasteiger partial charge in [-0.15, -0.1) is 0 Å². The number of methoxy groups -OCH3 is 1. The summed E-state index contributed by atoms with van der Waals surface area (Å²) in [4.78, 5) is 8.44. The summed E-state index contributed by atoms with van der Waals surface area (Å²) in [6.45, 7) is 0. The molecular weight excluding hydrogens is 322 g/mol. The van der Waals surface area contributed by atoms with Crippen LogP contribution in [0.15, 0.2) is 51.7 Å². The third-order valence-electron chi connectivity index (χ3n) is 2.75. The van der Waals surface area contributed by atoms with E-state index in [2.05, 4.69) is 31.1 Å². The summed E-state index contributed by atoms with van der Waals surface area (Å²) in [5.74, 6) is 1.78. The highest BCUT2D eigenvalue weighted by Gasteiger charge is 2.11. The lowest BCUT2D eigenvalue weighted by Crippen LogP contribution is -1.84. The van der Waals surface area contributed by atoms with Crippen molar-refractivity contribution in [3.05, 3.63) is 47.2 Å². The highest BCUT2D eigenvalue weighted by molar-refractivity contribution is 9.10. The van der Waals surface area contributed by atoms with Gasteiger partial charge in [0.1, 0.15) is 10.4 Å². The summed E-state index contributed by atoms with van der Waals surface area (Å²) in [6, 6.07) is 11.1. The first-order valence-electron chi connectivity index (χ1n) is 5.86. The number of benzene rings is 1. The first kappa shape index (κ1) is 12.8. The van der Waals surface area contributed by atoms with Crippen molar-refractivity contribution in [2.24, 2.45) is 0 Å². The molecule has 100 valence electrons. The summed E-state index contributed by atoms with van der Waals surface area (Å²) in [7, 11) is 1.63. The van der Waals surface area contributed by atoms with Gasteiger partial charge in [0.25, 0.3) is 5.89 Å². The number of rotatable bonds is 3. The minimum atomic E-state index is 0.457. The van der Waals surface area contributed by atoms with E-state index in [9.17, 15) is 0 Å². The molecule has 0 fully saturated rings. The van der Waals surface area contributed by atoms with Crippen LogP contribution in [-0.2, 0) is 0 Å². The number of pyridine rings is 1. The van der Waals surface area contributed by atoms with Gasteiger partial charge in [0.15, 0.2) is 0 Å². The van der Waals surface area contributed by atoms with Crippen molar-refractivity contribution < 1.29 is 9.26 Å². The van der Waals surface area contributed by atoms with Crippen molar-refractivity contribution in [1.82, 2.24) is 15.1 Å². The van der Waals surface area contributed by atoms with E-state index in [-0.39, 0.29) is 0 Å². The normalized spacial score (nSPS) is 10.5. The molecule has 1 aromatic carbocycles. The van der Waals surface area contributed by atoms with Crippen molar-refractivity contribution in [3.8, 4) is 28.6 Å². The quantitative estimate of drug-likeness (QED) is 0.686. The van der Waals surface area contributed by atoms with E-state index in [1.54, 1.807) is 13.3 Å². The first-order valence-corrected chi connectivity index (χ1v) is 6.65. The summed E-state index contributed by atoms with van der Waals surface area (Å²) in [5, 5.41) is 3.99. The third kappa shape index (κ3) is 2.55. The Kier molecular flexibility index (Phi) is 3.47. The molecule has 0 aliphatic carbocycles. The Morgan fingerprint density at radius 3 is 2.60 bits per heavy atom. The van der Waals surface area contributed by atoms with Gasteiger partial charge < -0.3 is 9.26 Å². The molecule has 0 saturated carbocycles. The van der Waals surface area contributed by atoms with E-state index in [0.29, 0.717) is 11.7 Å². The number of nitrogens with zero attached hydrogens (tertiary/aromatic N) is 3. The molecular formula is C14H10BrN3O2. The van der Waals surface area contributed by atoms with Crippen molar-refractivity contribution in [3.63, 3.8) is 0 Å². The Hall–Kier alpha value is -2.21. The van der Waals surface area contributed by atoms with Gasteiger partial charge in [0.05, 0.1) is 7.11 Å². The SMILES string of the molecule is COc1ccc(-c2noc(-c3ccnc(Br)c3)n2)cc1. The number of ether oxygens (including phenoxy) is 1. The molecule has 2 aromatic heterocycles. The average molecular weight is 332 g/mol. The fourth-order valence-electron chi connectivity index (χ4n) is 1.73. The zero-order valence-electron chi connectivity index (χ0n) is 10.6. The maximum atomic E-state index is 5.28. The van der Waals surface area contributed by atoms with Crippen LogP contribution < -0.4 is 4.74 Å². The Bertz CT molecular complexity index is 725. The van der Waals surface area contributed by atoms with Crippen LogP contribution in [0, 0.1) is 0 Å². The van der Waals surface area contributed by atoms with Gasteiger partial charge in [-0.25, -0.2) is 4.98 Å². The predicted molar refractivity (Wildman–Crippen MR) is 77.2 cm³/mol. The average Bonchev–Trinajstić information content (AvgIpc) is 2.97. The Morgan fingerprint density at radius 2 is 1.90 bits per heavy atom. The highest BCUT2D eigenvalue weighted by atomic mass is 79.9. The lowest BCUT2D eigenvalue weighted by Gasteiger charge is -1.98. The topological polar surface area (TPSA) is 61.0 Å². The molecule has 0 amide bonds. The van der Waals surface area contributed by atoms with Crippen molar-refractivity contribution in [2.45, 2.75) is 0 Å². The monoisotopic (exact) mass is 331 g/mol. The Balaban J connectivity index is 1.93. The van der Waals surface area contributed by atoms with Crippen LogP contribution in [0.4, 0.5) is 0 Å². The second-order valence-corrected chi connectivity index (χ2v) is 4.83. The van der Waals surface area contributed by atoms with E-state index in [0.717, 1.165) is 21.5 Å². The van der Waals surface area contributed by atoms with Crippen LogP contribution in [0.25, 0.3) is 22.8 Å². The molecule has 0 radical (unpaired) electrons. The van der Waals surface area contributed by atoms with E-state index in [1.165, 1.54) is 0 Å². The van der Waals surface area contributed by atoms with Gasteiger partial charge in [-0.05, 0) is 52.3 Å². The molecule has 0 N–H and O–H groups in total. The molecule has 0 spiro atoms. The molecule has 0 aliphatic heterocycles. The summed E-state index contributed by atoms with van der Waals surface area (Å²) in [6.07, 6.45) is 1.68. The molecule has 20 heavy (non-hydrogen) atoms. The Morgan fingerprint density at radius 1 is 1.10 bits per heavy atom. The minimum absolute atomic E-state index is 0.457. The molecule has 0 bridgehead atoms. The van der Waals surface area contributed by atoms with E-state index >= 15 is 0 Å². The lowest BCUT2D eigenvalue weighted by molar-refractivity contribution is 0.415. The summed E-state index contributed by atoms with van der Waals surface area (Å²) >= 11 is 3.31. The molecule has 0 unspecified atom stereocenters. The lowest BCUT2D eigenvalue weighted by atomic mass is 10.2. The molecule has 3 rings (SSSR count). The molecule has 0 atom stereocenters. The predicted octanol–water partition coefficient (Wildman–Crippen LogP) is 3.57. The van der Waals surface area contributed by atoms with Crippen LogP contribution in [0.3, 0.4) is 0 Å². The van der Waals surface area contributed by atoms with Gasteiger partial charge in [-0.2, -0.15) is 4.98 Å². The second kappa shape index (κ2) is 5.42. The summed E-state index contributed by atoms with van der Waals surface area (Å²) in [5.41, 5.74) is 1.69. The number of hydrogen-bond acceptors (Lipinski definition) is 5. The summed E-state index contributed by atoms with van der Waals surface area (Å²) < 4.78 is 11.1. The van der Waals surface area contributed by atoms with Crippen LogP contribution >= 0.6 is 15.9 Å². The third-order valence-corrected chi connectivity index (χ3v) is 3.18. The van der Waals surface area contributed by atoms with Crippen LogP contribution in [0.5, 0.6) is 5.75 Å². The molecule has 0 saturated heterocycles. The fourth-order valence-corrected chi connectivity index (χ4v) is 2.10. The zero-order chi connectivity index (χ0) is 13.9. The second-order valence-electron chi connectivity index (χ2n) is 4.02. The maximum Gasteiger partial charge on any atom is 0.258 e. The van der Waals surface area contributed by atoms with Gasteiger partial charge in [0, 0.05) is 17.3 Å². The van der Waals surface area contributed by atoms with Gasteiger partial charge in [0.2, 0.25) is 5.82 Å². The Labute approximate surface area is 123 Å². The first-order chi connectivity index (χ1) is 9.76. The van der Waals surface area contributed by atoms with Crippen molar-refractivity contribution in [1.29, 1.82) is 0 Å². The number of halogens is 1. The highest BCUT2D eigenvalue weighted by Crippen LogP contribution is 2.24. The number of aromatic nitrogens is 3. The largest absolute Gasteiger partial charge is 0.497 e. The van der Waals surface area contributed by atoms with Gasteiger partial charge in [-0.3, -0.25) is 0 Å². The van der Waals surface area contributed by atoms with Crippen LogP contribution in [0.1, 0.15) is 0 Å². The fraction of sp³-hybridized carbons (Fsp3) is 0.0714. The smallest absolute Gasteiger partial charge is 0.258 e. The maximum absolute atomic E-state index is 5.28. The minimum Gasteiger partial charge on any atom is -0.497 e. The van der Waals surface area contributed by atoms with Crippen LogP contribution in [0.2, 0.25) is 0 Å². The molecule has 3 aromatic rings. The van der Waals surface area contributed by atoms with E-state index in [1.807, 2.05) is 36.4 Å². The number of hydrogen-bond donors (Lipinski definition) is 0. The standard InChI is InChI=1S/C14H10BrN3O2/c1-19-11-4-2-9(3-5-11)13-17-14(20-18-13)10-6-7-16-12(15)8-10/h2-8H,1H3. The van der Waals surface area contributed by atoms with E-state index < -0.39 is 0 Å². The van der Waals surface area contributed by atoms with Gasteiger partial charge >= 0.3 is 0 Å². The zero-order valence-corrected chi connectivity index (χ0v) is 12.2. The molecule has 2 heterocycles. The van der Waals surface area contributed by atoms with Crippen LogP contribution in [-0.4, -0.2) is 22.2 Å². The van der Waals surface area contributed by atoms with Crippen molar-refractivity contribution in [2.75, 3.05) is 7.11 Å². The van der Waals surface area contributed by atoms with Crippen molar-refractivity contribution >= 4 is 15.9 Å². The van der Waals surface area contributed by atoms with Gasteiger partial charge in [-0.1, -0.05) is 5.16 Å². The van der Waals surface area contributed by atoms with E-state index in [4.69, 9.17) is 9.26 Å². The molecule has 6 heteroatoms. The molecule has 0 aliphatic rings. The molecule has 5 nitrogen and oxygen atoms in total.